The molecule has 4 aromatic heterocycles. The van der Waals surface area contributed by atoms with Crippen LogP contribution in [0.5, 0.6) is 0 Å². The molecule has 58 heavy (non-hydrogen) atoms. The van der Waals surface area contributed by atoms with Gasteiger partial charge >= 0.3 is 0 Å². The molecule has 0 fully saturated rings. The fourth-order valence-corrected chi connectivity index (χ4v) is 12.8. The molecule has 0 radical (unpaired) electrons. The lowest BCUT2D eigenvalue weighted by Crippen LogP contribution is -2.30. The van der Waals surface area contributed by atoms with Gasteiger partial charge in [0.05, 0.1) is 21.7 Å². The average Bonchev–Trinajstić information content (AvgIpc) is 4.11. The summed E-state index contributed by atoms with van der Waals surface area (Å²) in [6.07, 6.45) is 8.49. The van der Waals surface area contributed by atoms with Crippen molar-refractivity contribution in [2.45, 2.75) is 72.1 Å². The molecule has 294 valence electrons. The van der Waals surface area contributed by atoms with Gasteiger partial charge in [-0.05, 0) is 79.1 Å². The zero-order valence-electron chi connectivity index (χ0n) is 33.3. The Morgan fingerprint density at radius 3 is 1.67 bits per heavy atom. The lowest BCUT2D eigenvalue weighted by Gasteiger charge is -2.25. The Morgan fingerprint density at radius 1 is 0.569 bits per heavy atom. The first kappa shape index (κ1) is 38.7. The molecule has 5 nitrogen and oxygen atoms in total. The van der Waals surface area contributed by atoms with Gasteiger partial charge in [-0.3, -0.25) is 9.59 Å². The van der Waals surface area contributed by atoms with Crippen LogP contribution < -0.4 is 4.90 Å². The third-order valence-corrected chi connectivity index (χ3v) is 15.4. The number of nitrogens with zero attached hydrogens (tertiary/aromatic N) is 3. The Bertz CT molecular complexity index is 2610. The lowest BCUT2D eigenvalue weighted by molar-refractivity contribution is -0.124. The molecule has 0 unspecified atom stereocenters. The third-order valence-electron chi connectivity index (χ3n) is 11.4. The summed E-state index contributed by atoms with van der Waals surface area (Å²) in [5.41, 5.74) is 7.38. The van der Waals surface area contributed by atoms with Crippen molar-refractivity contribution in [3.8, 4) is 20.9 Å². The van der Waals surface area contributed by atoms with E-state index in [4.69, 9.17) is 0 Å². The zero-order chi connectivity index (χ0) is 39.8. The number of para-hydroxylation sites is 2. The normalized spacial score (nSPS) is 14.3. The van der Waals surface area contributed by atoms with Crippen LogP contribution in [0.25, 0.3) is 46.8 Å². The molecule has 2 aliphatic rings. The topological polar surface area (TPSA) is 43.9 Å². The summed E-state index contributed by atoms with van der Waals surface area (Å²) in [5, 5.41) is 7.84. The van der Waals surface area contributed by atoms with Crippen molar-refractivity contribution in [3.05, 3.63) is 130 Å². The summed E-state index contributed by atoms with van der Waals surface area (Å²) in [5.74, 6) is -0.0453. The molecule has 0 saturated heterocycles. The fraction of sp³-hybridized carbons (Fsp3) is 0.265. The predicted octanol–water partition coefficient (Wildman–Crippen LogP) is 14.9. The van der Waals surface area contributed by atoms with E-state index >= 15 is 0 Å². The monoisotopic (exact) mass is 837 g/mol. The number of allylic oxidation sites excluding steroid dienone is 1. The van der Waals surface area contributed by atoms with Gasteiger partial charge in [0.1, 0.15) is 5.00 Å². The largest absolute Gasteiger partial charge is 0.312 e. The van der Waals surface area contributed by atoms with Crippen LogP contribution in [0.15, 0.2) is 125 Å². The lowest BCUT2D eigenvalue weighted by atomic mass is 10.0. The Hall–Kier alpha value is -4.80. The first-order valence-electron chi connectivity index (χ1n) is 20.6. The smallest absolute Gasteiger partial charge is 0.261 e. The first-order valence-corrected chi connectivity index (χ1v) is 24.0. The van der Waals surface area contributed by atoms with Gasteiger partial charge in [-0.15, -0.1) is 45.3 Å². The van der Waals surface area contributed by atoms with E-state index in [2.05, 4.69) is 127 Å². The van der Waals surface area contributed by atoms with E-state index in [-0.39, 0.29) is 11.8 Å². The number of carbonyl (C=O) groups is 2. The van der Waals surface area contributed by atoms with Crippen molar-refractivity contribution >= 4 is 99.4 Å². The highest BCUT2D eigenvalue weighted by Crippen LogP contribution is 2.55. The van der Waals surface area contributed by atoms with Crippen LogP contribution in [0.1, 0.15) is 77.0 Å². The average molecular weight is 838 g/mol. The molecule has 6 heterocycles. The van der Waals surface area contributed by atoms with Crippen molar-refractivity contribution in [2.75, 3.05) is 18.0 Å². The number of rotatable bonds is 16. The zero-order valence-corrected chi connectivity index (χ0v) is 36.5. The van der Waals surface area contributed by atoms with E-state index < -0.39 is 0 Å². The summed E-state index contributed by atoms with van der Waals surface area (Å²) < 4.78 is 2.36. The maximum atomic E-state index is 14.6. The molecule has 2 aliphatic heterocycles. The molecular weight excluding hydrogens is 791 g/mol. The van der Waals surface area contributed by atoms with Crippen LogP contribution in [0.2, 0.25) is 0 Å². The molecule has 9 heteroatoms. The highest BCUT2D eigenvalue weighted by molar-refractivity contribution is 7.25. The summed E-state index contributed by atoms with van der Waals surface area (Å²) in [7, 11) is 0. The van der Waals surface area contributed by atoms with Crippen LogP contribution in [-0.2, 0) is 9.59 Å². The summed E-state index contributed by atoms with van der Waals surface area (Å²) in [6, 6.07) is 34.7. The highest BCUT2D eigenvalue weighted by atomic mass is 32.1. The molecule has 0 spiro atoms. The van der Waals surface area contributed by atoms with Gasteiger partial charge in [-0.2, -0.15) is 0 Å². The van der Waals surface area contributed by atoms with Gasteiger partial charge in [0, 0.05) is 71.2 Å². The van der Waals surface area contributed by atoms with Gasteiger partial charge in [0.25, 0.3) is 11.8 Å². The van der Waals surface area contributed by atoms with Gasteiger partial charge in [-0.1, -0.05) is 101 Å². The van der Waals surface area contributed by atoms with E-state index in [1.165, 1.54) is 25.5 Å². The van der Waals surface area contributed by atoms with E-state index in [1.54, 1.807) is 34.0 Å². The van der Waals surface area contributed by atoms with Gasteiger partial charge in [-0.25, -0.2) is 0 Å². The van der Waals surface area contributed by atoms with E-state index in [0.29, 0.717) is 24.2 Å². The molecule has 3 aromatic carbocycles. The van der Waals surface area contributed by atoms with Crippen molar-refractivity contribution in [2.24, 2.45) is 0 Å². The number of fused-ring (bicyclic) bond motifs is 3. The molecule has 9 rings (SSSR count). The fourth-order valence-electron chi connectivity index (χ4n) is 8.53. The summed E-state index contributed by atoms with van der Waals surface area (Å²) in [4.78, 5) is 38.9. The molecule has 0 bridgehead atoms. The second-order valence-corrected chi connectivity index (χ2v) is 19.1. The first-order chi connectivity index (χ1) is 28.5. The third kappa shape index (κ3) is 6.85. The number of anilines is 3. The van der Waals surface area contributed by atoms with Crippen molar-refractivity contribution in [3.63, 3.8) is 0 Å². The number of hydrogen-bond acceptors (Lipinski definition) is 7. The van der Waals surface area contributed by atoms with Crippen LogP contribution in [0.3, 0.4) is 0 Å². The van der Waals surface area contributed by atoms with Gasteiger partial charge in [0.2, 0.25) is 0 Å². The summed E-state index contributed by atoms with van der Waals surface area (Å²) in [6.45, 7) is 7.64. The van der Waals surface area contributed by atoms with Gasteiger partial charge < -0.3 is 14.7 Å². The van der Waals surface area contributed by atoms with Crippen molar-refractivity contribution in [1.82, 2.24) is 9.80 Å². The Morgan fingerprint density at radius 2 is 1.10 bits per heavy atom. The highest BCUT2D eigenvalue weighted by Gasteiger charge is 2.48. The van der Waals surface area contributed by atoms with Crippen LogP contribution in [-0.4, -0.2) is 34.7 Å². The molecular formula is C49H47N3O2S4. The number of carbonyl (C=O) groups excluding carboxylic acids is 2. The van der Waals surface area contributed by atoms with Crippen molar-refractivity contribution < 1.29 is 9.59 Å². The molecule has 2 amide bonds. The molecule has 0 saturated carbocycles. The molecule has 0 N–H and O–H groups in total. The maximum absolute atomic E-state index is 14.6. The van der Waals surface area contributed by atoms with Gasteiger partial charge in [0.15, 0.2) is 0 Å². The Balaban J connectivity index is 1.27. The SMILES string of the molecule is CCCCCCN1C(=O)C2=C(c3sc4cc5c(-c6cccs6)c(N(c6ccccc6)c6ccccc6)sc5cc4c3-c3cccs3)N(CCCCCC)C(=O)C2=C1C. The standard InChI is InChI=1S/C49H47N3O2S4/c1-4-6-8-16-26-50-32(3)41-44(48(50)54)45(51(47(41)53)27-17-9-7-5-2)46-42(37-24-18-28-55-37)35-30-40-36(31-39(35)57-46)43(38-25-19-29-56-38)49(58-40)52(33-20-12-10-13-21-33)34-22-14-11-15-23-34/h10-15,18-25,28-31H,4-9,16-17,26-27H2,1-3H3. The minimum Gasteiger partial charge on any atom is -0.312 e. The Kier molecular flexibility index (Phi) is 11.2. The van der Waals surface area contributed by atoms with Crippen LogP contribution >= 0.6 is 45.3 Å². The second-order valence-electron chi connectivity index (χ2n) is 15.1. The predicted molar refractivity (Wildman–Crippen MR) is 250 cm³/mol. The van der Waals surface area contributed by atoms with Crippen LogP contribution in [0, 0.1) is 0 Å². The number of unbranched alkanes of at least 4 members (excludes halogenated alkanes) is 6. The van der Waals surface area contributed by atoms with Crippen molar-refractivity contribution in [1.29, 1.82) is 0 Å². The number of benzene rings is 3. The summed E-state index contributed by atoms with van der Waals surface area (Å²) >= 11 is 7.04. The van der Waals surface area contributed by atoms with E-state index in [9.17, 15) is 9.59 Å². The minimum atomic E-state index is -0.0227. The Labute approximate surface area is 357 Å². The maximum Gasteiger partial charge on any atom is 0.261 e. The number of hydrogen-bond donors (Lipinski definition) is 0. The van der Waals surface area contributed by atoms with E-state index in [0.717, 1.165) is 99.5 Å². The number of amides is 2. The number of thiophene rings is 4. The van der Waals surface area contributed by atoms with Crippen LogP contribution in [0.4, 0.5) is 16.4 Å². The quantitative estimate of drug-likeness (QED) is 0.0911. The molecule has 0 atom stereocenters. The molecule has 7 aromatic rings. The molecule has 0 aliphatic carbocycles. The minimum absolute atomic E-state index is 0.0227. The van der Waals surface area contributed by atoms with E-state index in [1.807, 2.05) is 28.1 Å². The second kappa shape index (κ2) is 16.8.